The largest absolute Gasteiger partial charge is 0.388 e. The minimum Gasteiger partial charge on any atom is -0.388 e. The van der Waals surface area contributed by atoms with E-state index in [0.717, 1.165) is 37.2 Å². The molecule has 1 unspecified atom stereocenters. The van der Waals surface area contributed by atoms with E-state index in [1.54, 1.807) is 0 Å². The third-order valence-corrected chi connectivity index (χ3v) is 2.39. The van der Waals surface area contributed by atoms with E-state index in [-0.39, 0.29) is 6.10 Å². The standard InChI is InChI=1S/C11H28N3O/c1-11(15)10-14(4,5)9-7-12-6-8-13(2)3/h11-12,15H,6-10H2,1-5H3/q+1. The third-order valence-electron chi connectivity index (χ3n) is 2.39. The van der Waals surface area contributed by atoms with Gasteiger partial charge in [-0.05, 0) is 21.0 Å². The summed E-state index contributed by atoms with van der Waals surface area (Å²) in [4.78, 5) is 2.17. The van der Waals surface area contributed by atoms with E-state index < -0.39 is 0 Å². The summed E-state index contributed by atoms with van der Waals surface area (Å²) in [6.07, 6.45) is -0.221. The molecule has 0 aliphatic heterocycles. The van der Waals surface area contributed by atoms with Crippen LogP contribution in [0.3, 0.4) is 0 Å². The van der Waals surface area contributed by atoms with Gasteiger partial charge in [-0.15, -0.1) is 0 Å². The van der Waals surface area contributed by atoms with Crippen molar-refractivity contribution in [1.82, 2.24) is 10.2 Å². The zero-order valence-electron chi connectivity index (χ0n) is 11.0. The van der Waals surface area contributed by atoms with E-state index in [0.29, 0.717) is 0 Å². The number of rotatable bonds is 8. The molecular formula is C11H28N3O+. The van der Waals surface area contributed by atoms with Crippen molar-refractivity contribution < 1.29 is 9.59 Å². The Hall–Kier alpha value is -0.160. The Labute approximate surface area is 94.5 Å². The van der Waals surface area contributed by atoms with E-state index in [1.807, 2.05) is 6.92 Å². The van der Waals surface area contributed by atoms with Gasteiger partial charge in [0.25, 0.3) is 0 Å². The van der Waals surface area contributed by atoms with Crippen LogP contribution in [0, 0.1) is 0 Å². The second-order valence-electron chi connectivity index (χ2n) is 5.24. The Kier molecular flexibility index (Phi) is 7.09. The first kappa shape index (κ1) is 14.8. The second kappa shape index (κ2) is 7.17. The van der Waals surface area contributed by atoms with Crippen molar-refractivity contribution in [1.29, 1.82) is 0 Å². The first-order chi connectivity index (χ1) is 6.83. The van der Waals surface area contributed by atoms with Crippen LogP contribution in [0.25, 0.3) is 0 Å². The Morgan fingerprint density at radius 1 is 1.27 bits per heavy atom. The molecule has 0 amide bonds. The van der Waals surface area contributed by atoms with Gasteiger partial charge in [-0.3, -0.25) is 0 Å². The molecule has 92 valence electrons. The van der Waals surface area contributed by atoms with Crippen LogP contribution in [0.1, 0.15) is 6.92 Å². The molecule has 4 heteroatoms. The zero-order chi connectivity index (χ0) is 11.9. The van der Waals surface area contributed by atoms with Crippen LogP contribution < -0.4 is 5.32 Å². The summed E-state index contributed by atoms with van der Waals surface area (Å²) < 4.78 is 0.868. The topological polar surface area (TPSA) is 35.5 Å². The quantitative estimate of drug-likeness (QED) is 0.430. The van der Waals surface area contributed by atoms with E-state index >= 15 is 0 Å². The molecule has 4 nitrogen and oxygen atoms in total. The highest BCUT2D eigenvalue weighted by molar-refractivity contribution is 4.51. The van der Waals surface area contributed by atoms with Gasteiger partial charge in [-0.1, -0.05) is 0 Å². The molecule has 0 aromatic rings. The van der Waals surface area contributed by atoms with Crippen LogP contribution in [0.2, 0.25) is 0 Å². The summed E-state index contributed by atoms with van der Waals surface area (Å²) in [5.74, 6) is 0. The zero-order valence-corrected chi connectivity index (χ0v) is 11.0. The number of hydrogen-bond donors (Lipinski definition) is 2. The number of hydrogen-bond acceptors (Lipinski definition) is 3. The molecule has 0 aromatic heterocycles. The molecule has 0 bridgehead atoms. The summed E-state index contributed by atoms with van der Waals surface area (Å²) in [6, 6.07) is 0. The molecule has 0 aromatic carbocycles. The molecular weight excluding hydrogens is 190 g/mol. The van der Waals surface area contributed by atoms with Gasteiger partial charge in [0, 0.05) is 19.6 Å². The minimum absolute atomic E-state index is 0.221. The van der Waals surface area contributed by atoms with Gasteiger partial charge < -0.3 is 19.8 Å². The predicted octanol–water partition coefficient (Wildman–Crippen LogP) is -0.405. The fourth-order valence-electron chi connectivity index (χ4n) is 1.62. The SMILES string of the molecule is CC(O)C[N+](C)(C)CCNCCN(C)C. The van der Waals surface area contributed by atoms with E-state index in [1.165, 1.54) is 0 Å². The molecule has 1 atom stereocenters. The molecule has 0 spiro atoms. The normalized spacial score (nSPS) is 14.6. The molecule has 0 fully saturated rings. The molecule has 0 saturated carbocycles. The molecule has 0 aliphatic carbocycles. The van der Waals surface area contributed by atoms with Crippen molar-refractivity contribution in [3.05, 3.63) is 0 Å². The molecule has 0 radical (unpaired) electrons. The van der Waals surface area contributed by atoms with Crippen LogP contribution in [0.4, 0.5) is 0 Å². The molecule has 0 rings (SSSR count). The average molecular weight is 218 g/mol. The van der Waals surface area contributed by atoms with E-state index in [4.69, 9.17) is 0 Å². The van der Waals surface area contributed by atoms with E-state index in [2.05, 4.69) is 38.4 Å². The fourth-order valence-corrected chi connectivity index (χ4v) is 1.62. The Balaban J connectivity index is 3.48. The Bertz CT molecular complexity index is 158. The lowest BCUT2D eigenvalue weighted by Crippen LogP contribution is -2.48. The van der Waals surface area contributed by atoms with Gasteiger partial charge in [0.2, 0.25) is 0 Å². The van der Waals surface area contributed by atoms with Gasteiger partial charge in [-0.2, -0.15) is 0 Å². The van der Waals surface area contributed by atoms with Crippen molar-refractivity contribution in [2.24, 2.45) is 0 Å². The third kappa shape index (κ3) is 10.1. The number of nitrogens with one attached hydrogen (secondary N) is 1. The maximum absolute atomic E-state index is 9.32. The minimum atomic E-state index is -0.221. The van der Waals surface area contributed by atoms with Gasteiger partial charge in [0.05, 0.1) is 20.6 Å². The second-order valence-corrected chi connectivity index (χ2v) is 5.24. The fraction of sp³-hybridized carbons (Fsp3) is 1.00. The maximum Gasteiger partial charge on any atom is 0.104 e. The highest BCUT2D eigenvalue weighted by Crippen LogP contribution is 1.98. The Morgan fingerprint density at radius 2 is 1.87 bits per heavy atom. The molecule has 0 aliphatic rings. The first-order valence-electron chi connectivity index (χ1n) is 5.69. The monoisotopic (exact) mass is 218 g/mol. The number of aliphatic hydroxyl groups excluding tert-OH is 1. The van der Waals surface area contributed by atoms with Crippen LogP contribution in [-0.2, 0) is 0 Å². The number of nitrogens with zero attached hydrogens (tertiary/aromatic N) is 2. The smallest absolute Gasteiger partial charge is 0.104 e. The highest BCUT2D eigenvalue weighted by Gasteiger charge is 2.16. The van der Waals surface area contributed by atoms with Crippen LogP contribution in [0.5, 0.6) is 0 Å². The summed E-state index contributed by atoms with van der Waals surface area (Å²) in [6.45, 7) is 6.83. The summed E-state index contributed by atoms with van der Waals surface area (Å²) in [5.41, 5.74) is 0. The van der Waals surface area contributed by atoms with Gasteiger partial charge in [0.15, 0.2) is 0 Å². The van der Waals surface area contributed by atoms with Crippen LogP contribution >= 0.6 is 0 Å². The lowest BCUT2D eigenvalue weighted by molar-refractivity contribution is -0.892. The number of quaternary nitrogens is 1. The van der Waals surface area contributed by atoms with Crippen molar-refractivity contribution in [3.8, 4) is 0 Å². The summed E-state index contributed by atoms with van der Waals surface area (Å²) in [5, 5.41) is 12.7. The average Bonchev–Trinajstić information content (AvgIpc) is 1.99. The van der Waals surface area contributed by atoms with E-state index in [9.17, 15) is 5.11 Å². The van der Waals surface area contributed by atoms with Gasteiger partial charge in [0.1, 0.15) is 12.6 Å². The van der Waals surface area contributed by atoms with Crippen LogP contribution in [0.15, 0.2) is 0 Å². The molecule has 2 N–H and O–H groups in total. The maximum atomic E-state index is 9.32. The van der Waals surface area contributed by atoms with Crippen molar-refractivity contribution in [3.63, 3.8) is 0 Å². The lowest BCUT2D eigenvalue weighted by atomic mass is 10.3. The number of likely N-dealkylation sites (N-methyl/N-ethyl adjacent to an activating group) is 2. The van der Waals surface area contributed by atoms with Gasteiger partial charge >= 0.3 is 0 Å². The molecule has 0 saturated heterocycles. The van der Waals surface area contributed by atoms with Crippen molar-refractivity contribution in [2.45, 2.75) is 13.0 Å². The molecule has 0 heterocycles. The summed E-state index contributed by atoms with van der Waals surface area (Å²) in [7, 11) is 8.46. The highest BCUT2D eigenvalue weighted by atomic mass is 16.3. The van der Waals surface area contributed by atoms with Crippen molar-refractivity contribution >= 4 is 0 Å². The van der Waals surface area contributed by atoms with Gasteiger partial charge in [-0.25, -0.2) is 0 Å². The predicted molar refractivity (Wildman–Crippen MR) is 64.9 cm³/mol. The van der Waals surface area contributed by atoms with Crippen LogP contribution in [-0.4, -0.2) is 81.5 Å². The first-order valence-corrected chi connectivity index (χ1v) is 5.69. The lowest BCUT2D eigenvalue weighted by Gasteiger charge is -2.31. The van der Waals surface area contributed by atoms with Crippen molar-refractivity contribution in [2.75, 3.05) is 60.9 Å². The number of aliphatic hydroxyl groups is 1. The molecule has 15 heavy (non-hydrogen) atoms. The Morgan fingerprint density at radius 3 is 2.33 bits per heavy atom. The summed E-state index contributed by atoms with van der Waals surface area (Å²) >= 11 is 0.